The van der Waals surface area contributed by atoms with E-state index < -0.39 is 35.9 Å². The third-order valence-electron chi connectivity index (χ3n) is 6.88. The Kier molecular flexibility index (Phi) is 6.29. The van der Waals surface area contributed by atoms with Gasteiger partial charge in [-0.2, -0.15) is 8.78 Å². The van der Waals surface area contributed by atoms with Crippen LogP contribution in [0.3, 0.4) is 0 Å². The monoisotopic (exact) mass is 472 g/mol. The number of alkyl carbamates (subject to hydrolysis) is 1. The van der Waals surface area contributed by atoms with E-state index in [1.54, 1.807) is 6.92 Å². The minimum Gasteiger partial charge on any atom is -0.481 e. The van der Waals surface area contributed by atoms with Crippen molar-refractivity contribution in [2.24, 2.45) is 5.41 Å². The Labute approximate surface area is 195 Å². The molecule has 34 heavy (non-hydrogen) atoms. The summed E-state index contributed by atoms with van der Waals surface area (Å²) in [7, 11) is 0. The molecule has 2 N–H and O–H groups in total. The Hall–Kier alpha value is -3.49. The molecule has 0 spiro atoms. The molecule has 2 aliphatic rings. The predicted octanol–water partition coefficient (Wildman–Crippen LogP) is 3.87. The number of carboxylic acid groups (broad SMARTS) is 1. The fraction of sp³-hybridized carbons (Fsp3) is 0.400. The lowest BCUT2D eigenvalue weighted by molar-refractivity contribution is -0.157. The summed E-state index contributed by atoms with van der Waals surface area (Å²) in [4.78, 5) is 36.9. The van der Waals surface area contributed by atoms with E-state index >= 15 is 0 Å². The van der Waals surface area contributed by atoms with E-state index in [9.17, 15) is 28.3 Å². The molecule has 1 atom stereocenters. The van der Waals surface area contributed by atoms with Crippen LogP contribution in [0.2, 0.25) is 0 Å². The number of nitrogens with one attached hydrogen (secondary N) is 1. The fourth-order valence-electron chi connectivity index (χ4n) is 4.80. The standard InChI is InChI=1S/C25H26F2N2O5/c1-2-24(22(31)32)11-12-29(15-24)21(30)25(26,27)14-28-23(33)34-13-20-18-9-5-3-7-16(18)17-8-4-6-10-19(17)20/h3-10,20H,2,11-15H2,1H3,(H,28,33)(H,31,32). The molecule has 1 saturated heterocycles. The lowest BCUT2D eigenvalue weighted by Crippen LogP contribution is -2.50. The van der Waals surface area contributed by atoms with Crippen molar-refractivity contribution in [3.05, 3.63) is 59.7 Å². The van der Waals surface area contributed by atoms with Crippen molar-refractivity contribution in [2.75, 3.05) is 26.2 Å². The van der Waals surface area contributed by atoms with Crippen molar-refractivity contribution in [2.45, 2.75) is 31.6 Å². The van der Waals surface area contributed by atoms with Crippen molar-refractivity contribution in [3.63, 3.8) is 0 Å². The number of halogens is 2. The van der Waals surface area contributed by atoms with Gasteiger partial charge >= 0.3 is 18.0 Å². The van der Waals surface area contributed by atoms with Gasteiger partial charge in [0.05, 0.1) is 12.0 Å². The summed E-state index contributed by atoms with van der Waals surface area (Å²) in [6.45, 7) is 0.0327. The first kappa shape index (κ1) is 23.7. The molecule has 1 aliphatic heterocycles. The molecule has 9 heteroatoms. The second-order valence-electron chi connectivity index (χ2n) is 8.80. The number of carbonyl (C=O) groups excluding carboxylic acids is 2. The molecular formula is C25H26F2N2O5. The molecule has 1 unspecified atom stereocenters. The average molecular weight is 472 g/mol. The molecule has 1 aliphatic carbocycles. The van der Waals surface area contributed by atoms with Gasteiger partial charge in [0.15, 0.2) is 0 Å². The van der Waals surface area contributed by atoms with Crippen molar-refractivity contribution < 1.29 is 33.0 Å². The number of likely N-dealkylation sites (tertiary alicyclic amines) is 1. The van der Waals surface area contributed by atoms with Crippen LogP contribution in [-0.2, 0) is 14.3 Å². The minimum absolute atomic E-state index is 0.0386. The molecule has 4 rings (SSSR count). The van der Waals surface area contributed by atoms with Crippen LogP contribution in [-0.4, -0.2) is 60.1 Å². The number of benzene rings is 2. The maximum atomic E-state index is 14.5. The van der Waals surface area contributed by atoms with Crippen molar-refractivity contribution >= 4 is 18.0 Å². The number of aliphatic carboxylic acids is 1. The first-order valence-electron chi connectivity index (χ1n) is 11.2. The number of hydrogen-bond donors (Lipinski definition) is 2. The first-order chi connectivity index (χ1) is 16.2. The number of fused-ring (bicyclic) bond motifs is 3. The molecule has 2 aromatic rings. The van der Waals surface area contributed by atoms with Gasteiger partial charge in [0.1, 0.15) is 6.61 Å². The van der Waals surface area contributed by atoms with E-state index in [2.05, 4.69) is 0 Å². The zero-order valence-electron chi connectivity index (χ0n) is 18.7. The number of rotatable bonds is 7. The smallest absolute Gasteiger partial charge is 0.407 e. The average Bonchev–Trinajstić information content (AvgIpc) is 3.42. The molecule has 1 heterocycles. The van der Waals surface area contributed by atoms with Crippen LogP contribution in [0.15, 0.2) is 48.5 Å². The Balaban J connectivity index is 1.34. The molecule has 0 aromatic heterocycles. The molecule has 0 radical (unpaired) electrons. The summed E-state index contributed by atoms with van der Waals surface area (Å²) >= 11 is 0. The van der Waals surface area contributed by atoms with Gasteiger partial charge in [-0.15, -0.1) is 0 Å². The van der Waals surface area contributed by atoms with E-state index in [-0.39, 0.29) is 38.5 Å². The Morgan fingerprint density at radius 3 is 2.24 bits per heavy atom. The highest BCUT2D eigenvalue weighted by Gasteiger charge is 2.50. The SMILES string of the molecule is CCC1(C(=O)O)CCN(C(=O)C(F)(F)CNC(=O)OCC2c3ccccc3-c3ccccc32)C1. The summed E-state index contributed by atoms with van der Waals surface area (Å²) in [5.41, 5.74) is 2.85. The molecule has 1 fully saturated rings. The number of hydrogen-bond acceptors (Lipinski definition) is 4. The van der Waals surface area contributed by atoms with Crippen LogP contribution < -0.4 is 5.32 Å². The van der Waals surface area contributed by atoms with Gasteiger partial charge in [0.2, 0.25) is 0 Å². The third-order valence-corrected chi connectivity index (χ3v) is 6.88. The first-order valence-corrected chi connectivity index (χ1v) is 11.2. The van der Waals surface area contributed by atoms with Crippen LogP contribution in [0.5, 0.6) is 0 Å². The lowest BCUT2D eigenvalue weighted by Gasteiger charge is -2.26. The van der Waals surface area contributed by atoms with Gasteiger partial charge in [-0.25, -0.2) is 4.79 Å². The molecular weight excluding hydrogens is 446 g/mol. The van der Waals surface area contributed by atoms with Gasteiger partial charge in [0.25, 0.3) is 5.91 Å². The zero-order valence-corrected chi connectivity index (χ0v) is 18.7. The van der Waals surface area contributed by atoms with Crippen molar-refractivity contribution in [3.8, 4) is 11.1 Å². The third kappa shape index (κ3) is 4.22. The lowest BCUT2D eigenvalue weighted by atomic mass is 9.84. The number of alkyl halides is 2. The van der Waals surface area contributed by atoms with Gasteiger partial charge in [-0.1, -0.05) is 55.5 Å². The molecule has 2 amide bonds. The highest BCUT2D eigenvalue weighted by Crippen LogP contribution is 2.44. The van der Waals surface area contributed by atoms with Crippen LogP contribution in [0.4, 0.5) is 13.6 Å². The number of amides is 2. The van der Waals surface area contributed by atoms with Crippen molar-refractivity contribution in [1.29, 1.82) is 0 Å². The molecule has 7 nitrogen and oxygen atoms in total. The Morgan fingerprint density at radius 2 is 1.71 bits per heavy atom. The quantitative estimate of drug-likeness (QED) is 0.638. The van der Waals surface area contributed by atoms with E-state index in [1.807, 2.05) is 53.8 Å². The van der Waals surface area contributed by atoms with Crippen molar-refractivity contribution in [1.82, 2.24) is 10.2 Å². The summed E-state index contributed by atoms with van der Waals surface area (Å²) in [6, 6.07) is 15.5. The van der Waals surface area contributed by atoms with E-state index in [1.165, 1.54) is 0 Å². The topological polar surface area (TPSA) is 95.9 Å². The predicted molar refractivity (Wildman–Crippen MR) is 120 cm³/mol. The molecule has 180 valence electrons. The zero-order chi connectivity index (χ0) is 24.5. The summed E-state index contributed by atoms with van der Waals surface area (Å²) in [6.07, 6.45) is -0.708. The number of nitrogens with zero attached hydrogens (tertiary/aromatic N) is 1. The Morgan fingerprint density at radius 1 is 1.12 bits per heavy atom. The fourth-order valence-corrected chi connectivity index (χ4v) is 4.80. The van der Waals surface area contributed by atoms with Gasteiger partial charge in [-0.3, -0.25) is 9.59 Å². The number of carbonyl (C=O) groups is 3. The summed E-state index contributed by atoms with van der Waals surface area (Å²) in [5, 5.41) is 11.4. The Bertz CT molecular complexity index is 1080. The summed E-state index contributed by atoms with van der Waals surface area (Å²) < 4.78 is 34.3. The normalized spacial score (nSPS) is 19.4. The van der Waals surface area contributed by atoms with Crippen LogP contribution >= 0.6 is 0 Å². The molecule has 2 aromatic carbocycles. The van der Waals surface area contributed by atoms with Gasteiger partial charge < -0.3 is 20.1 Å². The second-order valence-corrected chi connectivity index (χ2v) is 8.80. The minimum atomic E-state index is -3.88. The highest BCUT2D eigenvalue weighted by molar-refractivity contribution is 5.86. The maximum absolute atomic E-state index is 14.5. The van der Waals surface area contributed by atoms with Crippen LogP contribution in [0.25, 0.3) is 11.1 Å². The number of carboxylic acids is 1. The summed E-state index contributed by atoms with van der Waals surface area (Å²) in [5.74, 6) is -6.70. The van der Waals surface area contributed by atoms with E-state index in [4.69, 9.17) is 4.74 Å². The van der Waals surface area contributed by atoms with Crippen LogP contribution in [0.1, 0.15) is 36.8 Å². The molecule has 0 saturated carbocycles. The maximum Gasteiger partial charge on any atom is 0.407 e. The van der Waals surface area contributed by atoms with E-state index in [0.717, 1.165) is 27.2 Å². The van der Waals surface area contributed by atoms with Gasteiger partial charge in [-0.05, 0) is 35.1 Å². The highest BCUT2D eigenvalue weighted by atomic mass is 19.3. The van der Waals surface area contributed by atoms with Crippen LogP contribution in [0, 0.1) is 5.41 Å². The number of ether oxygens (including phenoxy) is 1. The van der Waals surface area contributed by atoms with E-state index in [0.29, 0.717) is 0 Å². The van der Waals surface area contributed by atoms with Gasteiger partial charge in [0, 0.05) is 19.0 Å². The largest absolute Gasteiger partial charge is 0.481 e. The molecule has 0 bridgehead atoms. The second kappa shape index (κ2) is 9.04.